The van der Waals surface area contributed by atoms with Crippen molar-refractivity contribution >= 4 is 17.7 Å². The Morgan fingerprint density at radius 2 is 2.12 bits per heavy atom. The molecule has 1 N–H and O–H groups in total. The molecule has 6 nitrogen and oxygen atoms in total. The molecule has 2 aliphatic rings. The lowest BCUT2D eigenvalue weighted by Gasteiger charge is -2.36. The van der Waals surface area contributed by atoms with Gasteiger partial charge < -0.3 is 14.7 Å². The van der Waals surface area contributed by atoms with Crippen LogP contribution in [0.3, 0.4) is 0 Å². The maximum Gasteiger partial charge on any atom is 0.194 e. The van der Waals surface area contributed by atoms with Crippen LogP contribution in [0.5, 0.6) is 0 Å². The summed E-state index contributed by atoms with van der Waals surface area (Å²) in [5.74, 6) is 4.47. The van der Waals surface area contributed by atoms with Crippen LogP contribution in [0.25, 0.3) is 0 Å². The molecule has 0 atom stereocenters. The molecule has 0 saturated carbocycles. The van der Waals surface area contributed by atoms with Crippen molar-refractivity contribution in [3.63, 3.8) is 0 Å². The quantitative estimate of drug-likeness (QED) is 0.646. The van der Waals surface area contributed by atoms with E-state index in [1.54, 1.807) is 6.26 Å². The van der Waals surface area contributed by atoms with Gasteiger partial charge >= 0.3 is 0 Å². The zero-order valence-electron chi connectivity index (χ0n) is 14.6. The number of thioether (sulfide) groups is 1. The lowest BCUT2D eigenvalue weighted by molar-refractivity contribution is 0.169. The summed E-state index contributed by atoms with van der Waals surface area (Å²) >= 11 is 2.08. The van der Waals surface area contributed by atoms with Crippen LogP contribution in [0.2, 0.25) is 0 Å². The fraction of sp³-hybridized carbons (Fsp3) is 0.765. The molecule has 7 heteroatoms. The minimum Gasteiger partial charge on any atom is -0.364 e. The minimum absolute atomic E-state index is 0.772. The zero-order valence-corrected chi connectivity index (χ0v) is 15.4. The standard InChI is InChI=1S/C17H29N5OS/c1-2-18-17(19-13-15-4-11-24-12-5-15)22-8-6-21(7-9-22)14-16-3-10-23-20-16/h3,10,15H,2,4-9,11-14H2,1H3,(H,18,19). The number of rotatable bonds is 5. The Balaban J connectivity index is 1.49. The number of hydrogen-bond donors (Lipinski definition) is 1. The molecule has 0 radical (unpaired) electrons. The molecule has 2 aliphatic heterocycles. The van der Waals surface area contributed by atoms with Crippen molar-refractivity contribution in [3.8, 4) is 0 Å². The van der Waals surface area contributed by atoms with Gasteiger partial charge in [0.15, 0.2) is 5.96 Å². The van der Waals surface area contributed by atoms with Gasteiger partial charge in [-0.1, -0.05) is 5.16 Å². The molecule has 134 valence electrons. The first-order valence-electron chi connectivity index (χ1n) is 9.07. The smallest absolute Gasteiger partial charge is 0.194 e. The molecule has 2 saturated heterocycles. The van der Waals surface area contributed by atoms with Crippen LogP contribution in [-0.4, -0.2) is 71.7 Å². The SMILES string of the molecule is CCNC(=NCC1CCSCC1)N1CCN(Cc2ccon2)CC1. The Kier molecular flexibility index (Phi) is 6.84. The summed E-state index contributed by atoms with van der Waals surface area (Å²) in [5.41, 5.74) is 1.01. The molecule has 2 fully saturated rings. The highest BCUT2D eigenvalue weighted by Crippen LogP contribution is 2.22. The van der Waals surface area contributed by atoms with E-state index in [0.29, 0.717) is 0 Å². The zero-order chi connectivity index (χ0) is 16.6. The summed E-state index contributed by atoms with van der Waals surface area (Å²) in [7, 11) is 0. The van der Waals surface area contributed by atoms with E-state index in [1.165, 1.54) is 24.3 Å². The Morgan fingerprint density at radius 1 is 1.33 bits per heavy atom. The van der Waals surface area contributed by atoms with Crippen molar-refractivity contribution in [1.82, 2.24) is 20.3 Å². The van der Waals surface area contributed by atoms with Crippen LogP contribution in [0.1, 0.15) is 25.5 Å². The van der Waals surface area contributed by atoms with Gasteiger partial charge in [-0.25, -0.2) is 0 Å². The third-order valence-corrected chi connectivity index (χ3v) is 5.77. The van der Waals surface area contributed by atoms with Crippen LogP contribution >= 0.6 is 11.8 Å². The molecule has 3 rings (SSSR count). The summed E-state index contributed by atoms with van der Waals surface area (Å²) in [5, 5.41) is 7.48. The molecule has 0 aromatic carbocycles. The van der Waals surface area contributed by atoms with Gasteiger partial charge in [0.1, 0.15) is 6.26 Å². The number of piperazine rings is 1. The van der Waals surface area contributed by atoms with E-state index >= 15 is 0 Å². The predicted molar refractivity (Wildman–Crippen MR) is 99.4 cm³/mol. The Morgan fingerprint density at radius 3 is 2.79 bits per heavy atom. The Bertz CT molecular complexity index is 493. The molecule has 3 heterocycles. The predicted octanol–water partition coefficient (Wildman–Crippen LogP) is 1.90. The maximum atomic E-state index is 4.94. The second kappa shape index (κ2) is 9.32. The Hall–Kier alpha value is -1.21. The highest BCUT2D eigenvalue weighted by atomic mass is 32.2. The highest BCUT2D eigenvalue weighted by molar-refractivity contribution is 7.99. The molecule has 0 unspecified atom stereocenters. The van der Waals surface area contributed by atoms with E-state index in [-0.39, 0.29) is 0 Å². The summed E-state index contributed by atoms with van der Waals surface area (Å²) < 4.78 is 4.92. The van der Waals surface area contributed by atoms with Crippen LogP contribution in [0.15, 0.2) is 21.8 Å². The van der Waals surface area contributed by atoms with E-state index in [1.807, 2.05) is 6.07 Å². The molecule has 24 heavy (non-hydrogen) atoms. The molecule has 0 bridgehead atoms. The van der Waals surface area contributed by atoms with Gasteiger partial charge in [-0.15, -0.1) is 0 Å². The van der Waals surface area contributed by atoms with Crippen molar-refractivity contribution in [1.29, 1.82) is 0 Å². The maximum absolute atomic E-state index is 4.94. The monoisotopic (exact) mass is 351 g/mol. The number of aromatic nitrogens is 1. The van der Waals surface area contributed by atoms with Gasteiger partial charge in [0.2, 0.25) is 0 Å². The fourth-order valence-electron chi connectivity index (χ4n) is 3.24. The number of aliphatic imine (C=N–C) groups is 1. The van der Waals surface area contributed by atoms with Crippen molar-refractivity contribution in [2.24, 2.45) is 10.9 Å². The molecule has 0 amide bonds. The van der Waals surface area contributed by atoms with Crippen LogP contribution in [0, 0.1) is 5.92 Å². The van der Waals surface area contributed by atoms with Gasteiger partial charge in [-0.05, 0) is 37.2 Å². The number of guanidine groups is 1. The van der Waals surface area contributed by atoms with E-state index < -0.39 is 0 Å². The number of nitrogens with zero attached hydrogens (tertiary/aromatic N) is 4. The van der Waals surface area contributed by atoms with Gasteiger partial charge in [0, 0.05) is 51.9 Å². The van der Waals surface area contributed by atoms with Crippen LogP contribution in [0.4, 0.5) is 0 Å². The lowest BCUT2D eigenvalue weighted by Crippen LogP contribution is -2.52. The van der Waals surface area contributed by atoms with Crippen molar-refractivity contribution in [2.45, 2.75) is 26.3 Å². The lowest BCUT2D eigenvalue weighted by atomic mass is 10.0. The van der Waals surface area contributed by atoms with Gasteiger partial charge in [0.25, 0.3) is 0 Å². The number of hydrogen-bond acceptors (Lipinski definition) is 5. The molecule has 0 aliphatic carbocycles. The van der Waals surface area contributed by atoms with E-state index in [2.05, 4.69) is 39.0 Å². The van der Waals surface area contributed by atoms with Crippen LogP contribution < -0.4 is 5.32 Å². The largest absolute Gasteiger partial charge is 0.364 e. The van der Waals surface area contributed by atoms with Crippen molar-refractivity contribution in [2.75, 3.05) is 50.8 Å². The summed E-state index contributed by atoms with van der Waals surface area (Å²) in [6.07, 6.45) is 4.28. The topological polar surface area (TPSA) is 56.9 Å². The van der Waals surface area contributed by atoms with Crippen molar-refractivity contribution < 1.29 is 4.52 Å². The summed E-state index contributed by atoms with van der Waals surface area (Å²) in [4.78, 5) is 9.77. The molecular formula is C17H29N5OS. The van der Waals surface area contributed by atoms with Crippen molar-refractivity contribution in [3.05, 3.63) is 18.0 Å². The van der Waals surface area contributed by atoms with E-state index in [9.17, 15) is 0 Å². The third-order valence-electron chi connectivity index (χ3n) is 4.72. The van der Waals surface area contributed by atoms with Gasteiger partial charge in [-0.3, -0.25) is 9.89 Å². The molecule has 0 spiro atoms. The van der Waals surface area contributed by atoms with E-state index in [4.69, 9.17) is 9.52 Å². The first-order chi connectivity index (χ1) is 11.8. The van der Waals surface area contributed by atoms with Gasteiger partial charge in [0.05, 0.1) is 5.69 Å². The minimum atomic E-state index is 0.772. The van der Waals surface area contributed by atoms with Crippen LogP contribution in [-0.2, 0) is 6.54 Å². The Labute approximate surface area is 149 Å². The normalized spacial score (nSPS) is 21.2. The average molecular weight is 352 g/mol. The summed E-state index contributed by atoms with van der Waals surface area (Å²) in [6, 6.07) is 1.94. The second-order valence-electron chi connectivity index (χ2n) is 6.50. The number of nitrogens with one attached hydrogen (secondary N) is 1. The average Bonchev–Trinajstić information content (AvgIpc) is 3.13. The van der Waals surface area contributed by atoms with E-state index in [0.717, 1.165) is 63.4 Å². The highest BCUT2D eigenvalue weighted by Gasteiger charge is 2.21. The molecular weight excluding hydrogens is 322 g/mol. The molecule has 1 aromatic rings. The molecule has 1 aromatic heterocycles. The summed E-state index contributed by atoms with van der Waals surface area (Å²) in [6.45, 7) is 9.04. The first kappa shape index (κ1) is 17.6. The second-order valence-corrected chi connectivity index (χ2v) is 7.73. The first-order valence-corrected chi connectivity index (χ1v) is 10.2. The van der Waals surface area contributed by atoms with Gasteiger partial charge in [-0.2, -0.15) is 11.8 Å². The fourth-order valence-corrected chi connectivity index (χ4v) is 4.44. The third kappa shape index (κ3) is 5.14.